The fraction of sp³-hybridized carbons (Fsp3) is 0.286. The Morgan fingerprint density at radius 2 is 1.83 bits per heavy atom. The third-order valence-electron chi connectivity index (χ3n) is 2.87. The van der Waals surface area contributed by atoms with Gasteiger partial charge >= 0.3 is 0 Å². The van der Waals surface area contributed by atoms with Gasteiger partial charge in [-0.1, -0.05) is 39.0 Å². The minimum atomic E-state index is -0.00964. The summed E-state index contributed by atoms with van der Waals surface area (Å²) in [4.78, 5) is 10.5. The van der Waals surface area contributed by atoms with Crippen LogP contribution in [-0.2, 0) is 5.41 Å². The molecule has 0 aliphatic heterocycles. The zero-order chi connectivity index (χ0) is 12.9. The first-order valence-electron chi connectivity index (χ1n) is 5.82. The Labute approximate surface area is 124 Å². The maximum atomic E-state index is 4.75. The van der Waals surface area contributed by atoms with E-state index in [1.807, 2.05) is 0 Å². The van der Waals surface area contributed by atoms with Gasteiger partial charge in [0.25, 0.3) is 0 Å². The third kappa shape index (κ3) is 1.91. The van der Waals surface area contributed by atoms with E-state index in [9.17, 15) is 0 Å². The molecule has 3 aromatic rings. The number of rotatable bonds is 0. The minimum absolute atomic E-state index is 0.00964. The van der Waals surface area contributed by atoms with E-state index in [0.29, 0.717) is 0 Å². The molecule has 0 radical (unpaired) electrons. The predicted octanol–water partition coefficient (Wildman–Crippen LogP) is 4.75. The number of nitrogens with zero attached hydrogens (tertiary/aromatic N) is 2. The molecule has 0 unspecified atom stereocenters. The Bertz CT molecular complexity index is 740. The third-order valence-corrected chi connectivity index (χ3v) is 4.71. The Balaban J connectivity index is 2.42. The highest BCUT2D eigenvalue weighted by Gasteiger charge is 2.20. The van der Waals surface area contributed by atoms with Gasteiger partial charge in [0.2, 0.25) is 0 Å². The Kier molecular flexibility index (Phi) is 2.82. The van der Waals surface area contributed by atoms with Crippen LogP contribution in [-0.4, -0.2) is 9.97 Å². The van der Waals surface area contributed by atoms with Gasteiger partial charge in [-0.25, -0.2) is 9.97 Å². The number of hydrogen-bond donors (Lipinski definition) is 0. The average molecular weight is 368 g/mol. The van der Waals surface area contributed by atoms with Crippen LogP contribution in [0.5, 0.6) is 0 Å². The van der Waals surface area contributed by atoms with Crippen LogP contribution in [0.2, 0.25) is 0 Å². The molecule has 1 aromatic carbocycles. The van der Waals surface area contributed by atoms with Gasteiger partial charge in [0.05, 0.1) is 5.39 Å². The Hall–Kier alpha value is -0.750. The highest BCUT2D eigenvalue weighted by atomic mass is 127. The highest BCUT2D eigenvalue weighted by molar-refractivity contribution is 14.1. The molecule has 0 spiro atoms. The van der Waals surface area contributed by atoms with Crippen LogP contribution in [0.4, 0.5) is 0 Å². The number of aromatic nitrogens is 2. The lowest BCUT2D eigenvalue weighted by atomic mass is 9.96. The summed E-state index contributed by atoms with van der Waals surface area (Å²) in [5.41, 5.74) is -0.00964. The van der Waals surface area contributed by atoms with E-state index in [4.69, 9.17) is 4.98 Å². The average Bonchev–Trinajstić information content (AvgIpc) is 2.66. The van der Waals surface area contributed by atoms with Gasteiger partial charge in [0, 0.05) is 15.5 Å². The summed E-state index contributed by atoms with van der Waals surface area (Å²) >= 11 is 4.07. The van der Waals surface area contributed by atoms with Gasteiger partial charge in [-0.2, -0.15) is 0 Å². The van der Waals surface area contributed by atoms with Gasteiger partial charge in [0.15, 0.2) is 0 Å². The lowest BCUT2D eigenvalue weighted by Gasteiger charge is -2.16. The maximum Gasteiger partial charge on any atom is 0.136 e. The quantitative estimate of drug-likeness (QED) is 0.423. The SMILES string of the molecule is CC(C)(C)c1nc(I)c2c(n1)sc1ccccc12. The van der Waals surface area contributed by atoms with Gasteiger partial charge in [-0.15, -0.1) is 11.3 Å². The first kappa shape index (κ1) is 12.3. The normalized spacial score (nSPS) is 12.4. The summed E-state index contributed by atoms with van der Waals surface area (Å²) in [5.74, 6) is 0.922. The molecule has 4 heteroatoms. The lowest BCUT2D eigenvalue weighted by molar-refractivity contribution is 0.547. The van der Waals surface area contributed by atoms with Crippen LogP contribution in [0.3, 0.4) is 0 Å². The van der Waals surface area contributed by atoms with E-state index < -0.39 is 0 Å². The molecule has 92 valence electrons. The summed E-state index contributed by atoms with van der Waals surface area (Å²) in [6.07, 6.45) is 0. The maximum absolute atomic E-state index is 4.75. The molecule has 0 N–H and O–H groups in total. The van der Waals surface area contributed by atoms with Gasteiger partial charge in [-0.3, -0.25) is 0 Å². The van der Waals surface area contributed by atoms with Crippen molar-refractivity contribution in [1.82, 2.24) is 9.97 Å². The summed E-state index contributed by atoms with van der Waals surface area (Å²) in [6, 6.07) is 8.44. The van der Waals surface area contributed by atoms with Crippen LogP contribution in [0.15, 0.2) is 24.3 Å². The molecule has 0 amide bonds. The largest absolute Gasteiger partial charge is 0.226 e. The number of hydrogen-bond acceptors (Lipinski definition) is 3. The molecule has 0 atom stereocenters. The van der Waals surface area contributed by atoms with Crippen molar-refractivity contribution >= 4 is 54.2 Å². The van der Waals surface area contributed by atoms with Gasteiger partial charge in [0.1, 0.15) is 14.4 Å². The summed E-state index contributed by atoms with van der Waals surface area (Å²) in [6.45, 7) is 6.45. The summed E-state index contributed by atoms with van der Waals surface area (Å²) in [5, 5.41) is 2.46. The monoisotopic (exact) mass is 368 g/mol. The molecule has 2 aromatic heterocycles. The Morgan fingerprint density at radius 1 is 1.11 bits per heavy atom. The van der Waals surface area contributed by atoms with Crippen molar-refractivity contribution in [3.05, 3.63) is 33.8 Å². The second-order valence-corrected chi connectivity index (χ2v) is 7.42. The van der Waals surface area contributed by atoms with Gasteiger partial charge < -0.3 is 0 Å². The first-order chi connectivity index (χ1) is 8.47. The zero-order valence-electron chi connectivity index (χ0n) is 10.5. The second kappa shape index (κ2) is 4.13. The topological polar surface area (TPSA) is 25.8 Å². The molecule has 0 saturated heterocycles. The molecule has 2 heterocycles. The standard InChI is InChI=1S/C14H13IN2S/c1-14(2,3)13-16-11(15)10-8-6-4-5-7-9(8)18-12(10)17-13/h4-7H,1-3H3. The summed E-state index contributed by atoms with van der Waals surface area (Å²) in [7, 11) is 0. The Morgan fingerprint density at radius 3 is 2.56 bits per heavy atom. The molecule has 3 rings (SSSR count). The zero-order valence-corrected chi connectivity index (χ0v) is 13.5. The van der Waals surface area contributed by atoms with Crippen molar-refractivity contribution in [2.75, 3.05) is 0 Å². The van der Waals surface area contributed by atoms with E-state index in [-0.39, 0.29) is 5.41 Å². The molecule has 2 nitrogen and oxygen atoms in total. The van der Waals surface area contributed by atoms with Crippen LogP contribution in [0.25, 0.3) is 20.3 Å². The van der Waals surface area contributed by atoms with Crippen molar-refractivity contribution in [1.29, 1.82) is 0 Å². The fourth-order valence-corrected chi connectivity index (χ4v) is 3.95. The lowest BCUT2D eigenvalue weighted by Crippen LogP contribution is -2.16. The van der Waals surface area contributed by atoms with Crippen LogP contribution < -0.4 is 0 Å². The predicted molar refractivity (Wildman–Crippen MR) is 86.3 cm³/mol. The number of thiophene rings is 1. The van der Waals surface area contributed by atoms with Crippen molar-refractivity contribution in [3.8, 4) is 0 Å². The molecule has 0 aliphatic rings. The van der Waals surface area contributed by atoms with Crippen LogP contribution in [0.1, 0.15) is 26.6 Å². The van der Waals surface area contributed by atoms with Crippen molar-refractivity contribution in [3.63, 3.8) is 0 Å². The highest BCUT2D eigenvalue weighted by Crippen LogP contribution is 2.35. The first-order valence-corrected chi connectivity index (χ1v) is 7.71. The molecular weight excluding hydrogens is 355 g/mol. The van der Waals surface area contributed by atoms with E-state index in [1.54, 1.807) is 11.3 Å². The fourth-order valence-electron chi connectivity index (χ4n) is 1.92. The van der Waals surface area contributed by atoms with Crippen LogP contribution in [0, 0.1) is 3.70 Å². The van der Waals surface area contributed by atoms with E-state index in [2.05, 4.69) is 72.6 Å². The number of halogens is 1. The van der Waals surface area contributed by atoms with Gasteiger partial charge in [-0.05, 0) is 28.7 Å². The number of fused-ring (bicyclic) bond motifs is 3. The molecule has 0 aliphatic carbocycles. The van der Waals surface area contributed by atoms with Crippen molar-refractivity contribution < 1.29 is 0 Å². The molecule has 18 heavy (non-hydrogen) atoms. The van der Waals surface area contributed by atoms with E-state index in [0.717, 1.165) is 14.4 Å². The van der Waals surface area contributed by atoms with Crippen LogP contribution >= 0.6 is 33.9 Å². The smallest absolute Gasteiger partial charge is 0.136 e. The minimum Gasteiger partial charge on any atom is -0.226 e. The number of benzene rings is 1. The molecule has 0 fully saturated rings. The molecule has 0 saturated carbocycles. The van der Waals surface area contributed by atoms with Crippen molar-refractivity contribution in [2.24, 2.45) is 0 Å². The molecule has 0 bridgehead atoms. The summed E-state index contributed by atoms with van der Waals surface area (Å²) < 4.78 is 2.34. The van der Waals surface area contributed by atoms with E-state index >= 15 is 0 Å². The second-order valence-electron chi connectivity index (χ2n) is 5.37. The van der Waals surface area contributed by atoms with E-state index in [1.165, 1.54) is 15.5 Å². The van der Waals surface area contributed by atoms with Crippen molar-refractivity contribution in [2.45, 2.75) is 26.2 Å². The molecular formula is C14H13IN2S.